The van der Waals surface area contributed by atoms with Gasteiger partial charge in [-0.15, -0.1) is 0 Å². The maximum Gasteiger partial charge on any atom is 0.319 e. The van der Waals surface area contributed by atoms with Crippen LogP contribution in [-0.2, 0) is 9.53 Å². The SMILES string of the molecule is COC(=O)CN1C[C@H]2C[C@@H](C1)[C@H](CNC(=O)c1cnccn1)n1c2cccc1=O. The Morgan fingerprint density at radius 2 is 2.14 bits per heavy atom. The summed E-state index contributed by atoms with van der Waals surface area (Å²) in [7, 11) is 1.38. The summed E-state index contributed by atoms with van der Waals surface area (Å²) in [6.07, 6.45) is 5.29. The first-order valence-electron chi connectivity index (χ1n) is 9.61. The van der Waals surface area contributed by atoms with Crippen molar-refractivity contribution in [2.75, 3.05) is 33.3 Å². The molecule has 0 saturated carbocycles. The van der Waals surface area contributed by atoms with Crippen LogP contribution < -0.4 is 10.9 Å². The molecule has 1 amide bonds. The van der Waals surface area contributed by atoms with E-state index in [1.54, 1.807) is 12.1 Å². The fourth-order valence-electron chi connectivity index (χ4n) is 4.48. The van der Waals surface area contributed by atoms with E-state index in [2.05, 4.69) is 20.2 Å². The predicted octanol–water partition coefficient (Wildman–Crippen LogP) is 0.202. The molecule has 0 radical (unpaired) electrons. The number of amides is 1. The molecule has 0 spiro atoms. The number of pyridine rings is 1. The van der Waals surface area contributed by atoms with Gasteiger partial charge in [0.1, 0.15) is 5.69 Å². The maximum atomic E-state index is 12.7. The lowest BCUT2D eigenvalue weighted by atomic mass is 9.78. The number of esters is 1. The Morgan fingerprint density at radius 3 is 2.90 bits per heavy atom. The van der Waals surface area contributed by atoms with Gasteiger partial charge in [0.25, 0.3) is 11.5 Å². The zero-order chi connectivity index (χ0) is 20.4. The number of nitrogens with zero attached hydrogens (tertiary/aromatic N) is 4. The molecule has 2 aromatic heterocycles. The number of carbonyl (C=O) groups is 2. The molecule has 1 fully saturated rings. The molecule has 4 heterocycles. The lowest BCUT2D eigenvalue weighted by Crippen LogP contribution is -2.52. The topological polar surface area (TPSA) is 106 Å². The van der Waals surface area contributed by atoms with Crippen LogP contribution in [0, 0.1) is 5.92 Å². The summed E-state index contributed by atoms with van der Waals surface area (Å²) in [5.41, 5.74) is 1.11. The van der Waals surface area contributed by atoms with Gasteiger partial charge in [-0.05, 0) is 18.4 Å². The van der Waals surface area contributed by atoms with E-state index in [1.165, 1.54) is 25.7 Å². The average molecular weight is 397 g/mol. The monoisotopic (exact) mass is 397 g/mol. The second-order valence-electron chi connectivity index (χ2n) is 7.49. The number of methoxy groups -OCH3 is 1. The lowest BCUT2D eigenvalue weighted by Gasteiger charge is -2.46. The number of fused-ring (bicyclic) bond motifs is 4. The van der Waals surface area contributed by atoms with Crippen molar-refractivity contribution in [2.24, 2.45) is 5.92 Å². The zero-order valence-electron chi connectivity index (χ0n) is 16.2. The average Bonchev–Trinajstić information content (AvgIpc) is 2.74. The van der Waals surface area contributed by atoms with E-state index in [0.717, 1.165) is 12.1 Å². The largest absolute Gasteiger partial charge is 0.468 e. The van der Waals surface area contributed by atoms with E-state index < -0.39 is 0 Å². The van der Waals surface area contributed by atoms with Crippen LogP contribution in [0.3, 0.4) is 0 Å². The number of carbonyl (C=O) groups excluding carboxylic acids is 2. The molecule has 29 heavy (non-hydrogen) atoms. The molecule has 1 saturated heterocycles. The van der Waals surface area contributed by atoms with E-state index >= 15 is 0 Å². The third-order valence-corrected chi connectivity index (χ3v) is 5.72. The second-order valence-corrected chi connectivity index (χ2v) is 7.49. The van der Waals surface area contributed by atoms with Crippen LogP contribution in [0.15, 0.2) is 41.6 Å². The van der Waals surface area contributed by atoms with Crippen molar-refractivity contribution >= 4 is 11.9 Å². The Labute approximate surface area is 167 Å². The number of piperidine rings is 1. The third kappa shape index (κ3) is 3.91. The standard InChI is InChI=1S/C20H23N5O4/c1-29-19(27)12-24-10-13-7-14(11-24)17(25-16(13)3-2-4-18(25)26)9-23-20(28)15-8-21-5-6-22-15/h2-6,8,13-14,17H,7,9-12H2,1H3,(H,23,28)/t13-,14+,17+/m1/s1. The Balaban J connectivity index is 1.58. The van der Waals surface area contributed by atoms with E-state index in [0.29, 0.717) is 19.6 Å². The molecule has 9 heteroatoms. The summed E-state index contributed by atoms with van der Waals surface area (Å²) in [6.45, 7) is 1.89. The van der Waals surface area contributed by atoms with Gasteiger partial charge in [0.2, 0.25) is 0 Å². The molecule has 2 aromatic rings. The number of likely N-dealkylation sites (tertiary alicyclic amines) is 1. The van der Waals surface area contributed by atoms with Crippen molar-refractivity contribution in [1.82, 2.24) is 24.8 Å². The second kappa shape index (κ2) is 8.12. The zero-order valence-corrected chi connectivity index (χ0v) is 16.2. The molecule has 0 unspecified atom stereocenters. The first-order chi connectivity index (χ1) is 14.1. The van der Waals surface area contributed by atoms with Gasteiger partial charge in [-0.2, -0.15) is 0 Å². The minimum atomic E-state index is -0.326. The van der Waals surface area contributed by atoms with Crippen LogP contribution in [0.25, 0.3) is 0 Å². The number of hydrogen-bond acceptors (Lipinski definition) is 7. The summed E-state index contributed by atoms with van der Waals surface area (Å²) >= 11 is 0. The molecule has 9 nitrogen and oxygen atoms in total. The molecule has 4 rings (SSSR count). The Morgan fingerprint density at radius 1 is 1.28 bits per heavy atom. The highest BCUT2D eigenvalue weighted by Gasteiger charge is 2.41. The molecule has 0 aliphatic carbocycles. The predicted molar refractivity (Wildman–Crippen MR) is 103 cm³/mol. The van der Waals surface area contributed by atoms with Crippen LogP contribution >= 0.6 is 0 Å². The molecule has 152 valence electrons. The van der Waals surface area contributed by atoms with E-state index in [4.69, 9.17) is 4.74 Å². The van der Waals surface area contributed by atoms with Crippen LogP contribution in [0.5, 0.6) is 0 Å². The van der Waals surface area contributed by atoms with Gasteiger partial charge >= 0.3 is 5.97 Å². The summed E-state index contributed by atoms with van der Waals surface area (Å²) in [5.74, 6) is -0.302. The summed E-state index contributed by atoms with van der Waals surface area (Å²) in [4.78, 5) is 46.9. The van der Waals surface area contributed by atoms with Crippen molar-refractivity contribution in [2.45, 2.75) is 18.4 Å². The van der Waals surface area contributed by atoms with Crippen molar-refractivity contribution in [3.8, 4) is 0 Å². The molecule has 1 N–H and O–H groups in total. The van der Waals surface area contributed by atoms with Gasteiger partial charge in [0.05, 0.1) is 25.9 Å². The minimum Gasteiger partial charge on any atom is -0.468 e. The summed E-state index contributed by atoms with van der Waals surface area (Å²) < 4.78 is 6.62. The number of rotatable bonds is 5. The first kappa shape index (κ1) is 19.3. The Bertz CT molecular complexity index is 961. The van der Waals surface area contributed by atoms with Gasteiger partial charge in [-0.1, -0.05) is 6.07 Å². The van der Waals surface area contributed by atoms with Crippen molar-refractivity contribution in [1.29, 1.82) is 0 Å². The fourth-order valence-corrected chi connectivity index (χ4v) is 4.48. The molecule has 3 atom stereocenters. The number of nitrogens with one attached hydrogen (secondary N) is 1. The molecular weight excluding hydrogens is 374 g/mol. The molecule has 2 aliphatic heterocycles. The van der Waals surface area contributed by atoms with Crippen LogP contribution in [0.1, 0.15) is 34.6 Å². The smallest absolute Gasteiger partial charge is 0.319 e. The maximum absolute atomic E-state index is 12.7. The normalized spacial score (nSPS) is 23.1. The minimum absolute atomic E-state index is 0.0719. The van der Waals surface area contributed by atoms with E-state index in [-0.39, 0.29) is 47.6 Å². The molecule has 2 aliphatic rings. The highest BCUT2D eigenvalue weighted by atomic mass is 16.5. The van der Waals surface area contributed by atoms with Crippen LogP contribution in [0.4, 0.5) is 0 Å². The first-order valence-corrected chi connectivity index (χ1v) is 9.61. The lowest BCUT2D eigenvalue weighted by molar-refractivity contribution is -0.142. The third-order valence-electron chi connectivity index (χ3n) is 5.72. The molecule has 2 bridgehead atoms. The van der Waals surface area contributed by atoms with Gasteiger partial charge in [-0.3, -0.25) is 24.3 Å². The fraction of sp³-hybridized carbons (Fsp3) is 0.450. The Kier molecular flexibility index (Phi) is 5.39. The van der Waals surface area contributed by atoms with Crippen LogP contribution in [0.2, 0.25) is 0 Å². The van der Waals surface area contributed by atoms with Gasteiger partial charge < -0.3 is 14.6 Å². The molecular formula is C20H23N5O4. The number of aromatic nitrogens is 3. The van der Waals surface area contributed by atoms with Crippen molar-refractivity contribution in [3.63, 3.8) is 0 Å². The number of ether oxygens (including phenoxy) is 1. The van der Waals surface area contributed by atoms with E-state index in [1.807, 2.05) is 10.6 Å². The van der Waals surface area contributed by atoms with Crippen LogP contribution in [-0.4, -0.2) is 64.6 Å². The van der Waals surface area contributed by atoms with E-state index in [9.17, 15) is 14.4 Å². The molecule has 0 aromatic carbocycles. The Hall–Kier alpha value is -3.07. The number of hydrogen-bond donors (Lipinski definition) is 1. The van der Waals surface area contributed by atoms with Crippen molar-refractivity contribution in [3.05, 3.63) is 58.5 Å². The summed E-state index contributed by atoms with van der Waals surface area (Å²) in [5, 5.41) is 2.90. The summed E-state index contributed by atoms with van der Waals surface area (Å²) in [6, 6.07) is 5.08. The van der Waals surface area contributed by atoms with Gasteiger partial charge in [0, 0.05) is 49.7 Å². The highest BCUT2D eigenvalue weighted by Crippen LogP contribution is 2.40. The highest BCUT2D eigenvalue weighted by molar-refractivity contribution is 5.91. The van der Waals surface area contributed by atoms with Gasteiger partial charge in [0.15, 0.2) is 0 Å². The van der Waals surface area contributed by atoms with Gasteiger partial charge in [-0.25, -0.2) is 4.98 Å². The van der Waals surface area contributed by atoms with Crippen molar-refractivity contribution < 1.29 is 14.3 Å². The quantitative estimate of drug-likeness (QED) is 0.719.